The number of aliphatic hydroxyl groups excluding tert-OH is 1. The Balaban J connectivity index is 2.02. The number of benzene rings is 2. The van der Waals surface area contributed by atoms with E-state index in [1.54, 1.807) is 68.8 Å². The van der Waals surface area contributed by atoms with E-state index in [0.717, 1.165) is 0 Å². The average molecular weight is 406 g/mol. The molecule has 2 aliphatic rings. The Morgan fingerprint density at radius 1 is 1.03 bits per heavy atom. The van der Waals surface area contributed by atoms with Crippen LogP contribution in [0.5, 0.6) is 0 Å². The van der Waals surface area contributed by atoms with Crippen LogP contribution in [0.2, 0.25) is 0 Å². The highest BCUT2D eigenvalue weighted by molar-refractivity contribution is 6.50. The third kappa shape index (κ3) is 2.59. The number of amides is 2. The number of hydrogen-bond donors (Lipinski definition) is 1. The van der Waals surface area contributed by atoms with E-state index < -0.39 is 23.1 Å². The van der Waals surface area contributed by atoms with Gasteiger partial charge in [-0.1, -0.05) is 48.5 Å². The number of carbonyl (C=O) groups excluding carboxylic acids is 3. The number of fused-ring (bicyclic) bond motifs is 2. The fourth-order valence-electron chi connectivity index (χ4n) is 4.38. The number of aliphatic hydroxyl groups is 1. The molecule has 0 aliphatic carbocycles. The van der Waals surface area contributed by atoms with Crippen molar-refractivity contribution in [2.24, 2.45) is 0 Å². The van der Waals surface area contributed by atoms with Crippen LogP contribution in [-0.2, 0) is 24.7 Å². The largest absolute Gasteiger partial charge is 0.507 e. The summed E-state index contributed by atoms with van der Waals surface area (Å²) in [6.07, 6.45) is 0.440. The van der Waals surface area contributed by atoms with Gasteiger partial charge in [0, 0.05) is 44.1 Å². The predicted molar refractivity (Wildman–Crippen MR) is 111 cm³/mol. The molecule has 2 heterocycles. The first-order valence-corrected chi connectivity index (χ1v) is 9.68. The van der Waals surface area contributed by atoms with E-state index in [0.29, 0.717) is 29.8 Å². The third-order valence-corrected chi connectivity index (χ3v) is 5.72. The van der Waals surface area contributed by atoms with Crippen molar-refractivity contribution in [1.29, 1.82) is 0 Å². The van der Waals surface area contributed by atoms with Crippen molar-refractivity contribution < 1.29 is 24.2 Å². The number of ketones is 1. The number of para-hydroxylation sites is 1. The zero-order chi connectivity index (χ0) is 21.5. The van der Waals surface area contributed by atoms with Crippen molar-refractivity contribution in [2.75, 3.05) is 32.2 Å². The number of Topliss-reactive ketones (excluding diaryl/α,β-unsaturated/α-hetero) is 1. The van der Waals surface area contributed by atoms with Gasteiger partial charge in [-0.05, 0) is 12.5 Å². The molecule has 7 nitrogen and oxygen atoms in total. The molecule has 0 bridgehead atoms. The molecule has 1 spiro atoms. The van der Waals surface area contributed by atoms with Crippen molar-refractivity contribution in [3.05, 3.63) is 71.3 Å². The molecule has 4 rings (SSSR count). The Morgan fingerprint density at radius 3 is 2.40 bits per heavy atom. The molecule has 2 amide bonds. The van der Waals surface area contributed by atoms with E-state index in [9.17, 15) is 19.5 Å². The van der Waals surface area contributed by atoms with Crippen molar-refractivity contribution in [3.8, 4) is 0 Å². The summed E-state index contributed by atoms with van der Waals surface area (Å²) >= 11 is 0. The number of rotatable bonds is 5. The molecule has 0 unspecified atom stereocenters. The highest BCUT2D eigenvalue weighted by Crippen LogP contribution is 2.53. The third-order valence-electron chi connectivity index (χ3n) is 5.72. The maximum atomic E-state index is 13.7. The summed E-state index contributed by atoms with van der Waals surface area (Å²) in [6, 6.07) is 15.5. The predicted octanol–water partition coefficient (Wildman–Crippen LogP) is 2.28. The fourth-order valence-corrected chi connectivity index (χ4v) is 4.38. The fraction of sp³-hybridized carbons (Fsp3) is 0.261. The van der Waals surface area contributed by atoms with Gasteiger partial charge in [-0.3, -0.25) is 14.4 Å². The highest BCUT2D eigenvalue weighted by atomic mass is 16.5. The number of anilines is 1. The van der Waals surface area contributed by atoms with Crippen LogP contribution in [0.4, 0.5) is 5.69 Å². The number of likely N-dealkylation sites (tertiary alicyclic amines) is 1. The molecule has 1 saturated heterocycles. The molecule has 2 aromatic rings. The molecular formula is C23H22N2O5. The second-order valence-electron chi connectivity index (χ2n) is 7.31. The van der Waals surface area contributed by atoms with Gasteiger partial charge in [-0.25, -0.2) is 0 Å². The van der Waals surface area contributed by atoms with E-state index >= 15 is 0 Å². The zero-order valence-electron chi connectivity index (χ0n) is 16.8. The van der Waals surface area contributed by atoms with Crippen LogP contribution in [0.1, 0.15) is 17.5 Å². The van der Waals surface area contributed by atoms with Gasteiger partial charge in [0.15, 0.2) is 5.54 Å². The van der Waals surface area contributed by atoms with E-state index in [1.165, 1.54) is 9.80 Å². The molecule has 1 fully saturated rings. The molecule has 7 heteroatoms. The van der Waals surface area contributed by atoms with Gasteiger partial charge in [-0.2, -0.15) is 0 Å². The standard InChI is InChI=1S/C23H22N2O5/c1-24-17-12-7-6-11-16(17)23(22(24)29)18(19(26)15-9-4-3-5-10-15)20(27)21(28)25(23)13-8-14-30-2/h3-7,9-12,26H,8,13-14H2,1-2H3/t23-/m0/s1. The number of carbonyl (C=O) groups is 3. The van der Waals surface area contributed by atoms with Crippen LogP contribution in [0.3, 0.4) is 0 Å². The van der Waals surface area contributed by atoms with E-state index in [4.69, 9.17) is 4.74 Å². The zero-order valence-corrected chi connectivity index (χ0v) is 16.8. The van der Waals surface area contributed by atoms with Crippen molar-refractivity contribution in [3.63, 3.8) is 0 Å². The minimum absolute atomic E-state index is 0.137. The summed E-state index contributed by atoms with van der Waals surface area (Å²) in [7, 11) is 3.15. The lowest BCUT2D eigenvalue weighted by Crippen LogP contribution is -2.51. The minimum atomic E-state index is -1.70. The lowest BCUT2D eigenvalue weighted by atomic mass is 9.82. The number of methoxy groups -OCH3 is 1. The van der Waals surface area contributed by atoms with Gasteiger partial charge in [0.1, 0.15) is 5.76 Å². The second kappa shape index (κ2) is 7.42. The van der Waals surface area contributed by atoms with Crippen LogP contribution < -0.4 is 4.90 Å². The Hall–Kier alpha value is -3.45. The SMILES string of the molecule is COCCCN1C(=O)C(=O)C(=C(O)c2ccccc2)[C@@]12C(=O)N(C)c1ccccc12. The molecular weight excluding hydrogens is 384 g/mol. The Morgan fingerprint density at radius 2 is 1.70 bits per heavy atom. The number of hydrogen-bond acceptors (Lipinski definition) is 5. The maximum absolute atomic E-state index is 13.7. The summed E-state index contributed by atoms with van der Waals surface area (Å²) < 4.78 is 5.10. The molecule has 0 radical (unpaired) electrons. The van der Waals surface area contributed by atoms with Crippen molar-refractivity contribution in [1.82, 2.24) is 4.90 Å². The van der Waals surface area contributed by atoms with E-state index in [1.807, 2.05) is 0 Å². The van der Waals surface area contributed by atoms with Crippen LogP contribution >= 0.6 is 0 Å². The van der Waals surface area contributed by atoms with Gasteiger partial charge in [0.25, 0.3) is 17.6 Å². The quantitative estimate of drug-likeness (QED) is 0.356. The van der Waals surface area contributed by atoms with E-state index in [2.05, 4.69) is 0 Å². The highest BCUT2D eigenvalue weighted by Gasteiger charge is 2.66. The lowest BCUT2D eigenvalue weighted by Gasteiger charge is -2.34. The summed E-state index contributed by atoms with van der Waals surface area (Å²) in [4.78, 5) is 42.7. The average Bonchev–Trinajstić information content (AvgIpc) is 3.13. The van der Waals surface area contributed by atoms with Crippen LogP contribution in [-0.4, -0.2) is 54.9 Å². The van der Waals surface area contributed by atoms with Crippen molar-refractivity contribution in [2.45, 2.75) is 12.0 Å². The van der Waals surface area contributed by atoms with Crippen molar-refractivity contribution >= 4 is 29.0 Å². The molecule has 2 aliphatic heterocycles. The normalized spacial score (nSPS) is 22.3. The molecule has 0 saturated carbocycles. The Bertz CT molecular complexity index is 1060. The Labute approximate surface area is 174 Å². The topological polar surface area (TPSA) is 87.1 Å². The number of nitrogens with zero attached hydrogens (tertiary/aromatic N) is 2. The first-order valence-electron chi connectivity index (χ1n) is 9.68. The number of ether oxygens (including phenoxy) is 1. The molecule has 0 aromatic heterocycles. The van der Waals surface area contributed by atoms with E-state index in [-0.39, 0.29) is 17.9 Å². The molecule has 2 aromatic carbocycles. The summed E-state index contributed by atoms with van der Waals surface area (Å²) in [5.74, 6) is -2.48. The summed E-state index contributed by atoms with van der Waals surface area (Å²) in [5, 5.41) is 11.1. The first-order chi connectivity index (χ1) is 14.5. The lowest BCUT2D eigenvalue weighted by molar-refractivity contribution is -0.143. The molecule has 30 heavy (non-hydrogen) atoms. The molecule has 1 atom stereocenters. The van der Waals surface area contributed by atoms with Gasteiger partial charge < -0.3 is 19.6 Å². The van der Waals surface area contributed by atoms with Gasteiger partial charge in [0.05, 0.1) is 5.57 Å². The maximum Gasteiger partial charge on any atom is 0.296 e. The van der Waals surface area contributed by atoms with Gasteiger partial charge in [-0.15, -0.1) is 0 Å². The number of likely N-dealkylation sites (N-methyl/N-ethyl adjacent to an activating group) is 1. The molecule has 154 valence electrons. The summed E-state index contributed by atoms with van der Waals surface area (Å²) in [5.41, 5.74) is -0.427. The van der Waals surface area contributed by atoms with Gasteiger partial charge in [0.2, 0.25) is 0 Å². The van der Waals surface area contributed by atoms with Crippen LogP contribution in [0.15, 0.2) is 60.2 Å². The monoisotopic (exact) mass is 406 g/mol. The second-order valence-corrected chi connectivity index (χ2v) is 7.31. The first kappa shape index (κ1) is 19.8. The minimum Gasteiger partial charge on any atom is -0.507 e. The van der Waals surface area contributed by atoms with Crippen LogP contribution in [0.25, 0.3) is 5.76 Å². The van der Waals surface area contributed by atoms with Crippen LogP contribution in [0, 0.1) is 0 Å². The summed E-state index contributed by atoms with van der Waals surface area (Å²) in [6.45, 7) is 0.501. The molecule has 1 N–H and O–H groups in total. The smallest absolute Gasteiger partial charge is 0.296 e. The Kier molecular flexibility index (Phi) is 4.91. The van der Waals surface area contributed by atoms with Gasteiger partial charge >= 0.3 is 0 Å².